The van der Waals surface area contributed by atoms with Crippen molar-refractivity contribution in [1.29, 1.82) is 0 Å². The van der Waals surface area contributed by atoms with Crippen LogP contribution in [0.3, 0.4) is 0 Å². The van der Waals surface area contributed by atoms with Gasteiger partial charge in [0, 0.05) is 6.04 Å². The van der Waals surface area contributed by atoms with E-state index in [0.29, 0.717) is 0 Å². The number of rotatable bonds is 8. The molecule has 0 aliphatic carbocycles. The maximum atomic E-state index is 13.7. The quantitative estimate of drug-likeness (QED) is 0.202. The molecule has 4 aromatic rings. The van der Waals surface area contributed by atoms with Crippen molar-refractivity contribution in [1.82, 2.24) is 4.72 Å². The third-order valence-electron chi connectivity index (χ3n) is 7.62. The highest BCUT2D eigenvalue weighted by molar-refractivity contribution is 7.84. The van der Waals surface area contributed by atoms with Crippen molar-refractivity contribution >= 4 is 29.5 Å². The minimum absolute atomic E-state index is 0.0191. The maximum absolute atomic E-state index is 13.7. The van der Waals surface area contributed by atoms with E-state index in [1.54, 1.807) is 0 Å². The number of hydrogen-bond donors (Lipinski definition) is 1. The first-order valence-electron chi connectivity index (χ1n) is 15.0. The fourth-order valence-corrected chi connectivity index (χ4v) is 8.36. The molecule has 0 aliphatic rings. The summed E-state index contributed by atoms with van der Waals surface area (Å²) in [5.41, 5.74) is 6.32. The average molecular weight is 598 g/mol. The molecule has 4 heteroatoms. The molecule has 0 fully saturated rings. The summed E-state index contributed by atoms with van der Waals surface area (Å²) in [4.78, 5) is 0. The van der Waals surface area contributed by atoms with Crippen molar-refractivity contribution in [2.45, 2.75) is 83.9 Å². The number of hydrogen-bond acceptors (Lipinski definition) is 1. The highest BCUT2D eigenvalue weighted by atomic mass is 32.2. The minimum atomic E-state index is -1.24. The van der Waals surface area contributed by atoms with E-state index >= 15 is 0 Å². The summed E-state index contributed by atoms with van der Waals surface area (Å²) in [5.74, 6) is 0. The molecule has 1 N–H and O–H groups in total. The highest BCUT2D eigenvalue weighted by Crippen LogP contribution is 2.42. The van der Waals surface area contributed by atoms with Crippen molar-refractivity contribution in [3.8, 4) is 11.1 Å². The molecule has 2 atom stereocenters. The third kappa shape index (κ3) is 8.07. The summed E-state index contributed by atoms with van der Waals surface area (Å²) < 4.78 is 17.0. The molecule has 0 saturated heterocycles. The standard InChI is InChI=1S/C38H48NOPS/c1-36(2,3)29-24-28(25-30(26-29)37(4,5)6)33-22-16-17-23-34(33)35(39-42(40)38(7,8)9)27-41(31-18-12-10-13-19-31)32-20-14-11-15-21-32/h10-26,35,39H,27H2,1-9H3. The van der Waals surface area contributed by atoms with Gasteiger partial charge in [-0.2, -0.15) is 0 Å². The van der Waals surface area contributed by atoms with Crippen LogP contribution in [0.25, 0.3) is 11.1 Å². The van der Waals surface area contributed by atoms with Gasteiger partial charge >= 0.3 is 0 Å². The second-order valence-electron chi connectivity index (χ2n) is 14.2. The third-order valence-corrected chi connectivity index (χ3v) is 11.8. The van der Waals surface area contributed by atoms with Crippen molar-refractivity contribution in [3.05, 3.63) is 120 Å². The lowest BCUT2D eigenvalue weighted by Crippen LogP contribution is -2.37. The molecule has 0 amide bonds. The molecule has 0 saturated carbocycles. The van der Waals surface area contributed by atoms with E-state index < -0.39 is 18.9 Å². The molecule has 42 heavy (non-hydrogen) atoms. The zero-order chi connectivity index (χ0) is 30.7. The van der Waals surface area contributed by atoms with Crippen LogP contribution in [0.5, 0.6) is 0 Å². The maximum Gasteiger partial charge on any atom is 0.0976 e. The Morgan fingerprint density at radius 3 is 1.55 bits per heavy atom. The smallest absolute Gasteiger partial charge is 0.0976 e. The minimum Gasteiger partial charge on any atom is -0.242 e. The number of benzene rings is 4. The monoisotopic (exact) mass is 597 g/mol. The van der Waals surface area contributed by atoms with Gasteiger partial charge in [-0.05, 0) is 84.1 Å². The normalized spacial score (nSPS) is 14.1. The van der Waals surface area contributed by atoms with Gasteiger partial charge in [-0.15, -0.1) is 0 Å². The molecule has 0 heterocycles. The zero-order valence-corrected chi connectivity index (χ0v) is 28.6. The Morgan fingerprint density at radius 2 is 1.10 bits per heavy atom. The van der Waals surface area contributed by atoms with Crippen molar-refractivity contribution in [2.75, 3.05) is 6.16 Å². The molecule has 0 bridgehead atoms. The molecule has 0 aromatic heterocycles. The Morgan fingerprint density at radius 1 is 0.643 bits per heavy atom. The molecule has 4 aromatic carbocycles. The number of nitrogens with one attached hydrogen (secondary N) is 1. The van der Waals surface area contributed by atoms with Gasteiger partial charge in [-0.1, -0.05) is 145 Å². The van der Waals surface area contributed by atoms with Crippen LogP contribution in [0.15, 0.2) is 103 Å². The van der Waals surface area contributed by atoms with E-state index in [9.17, 15) is 4.21 Å². The van der Waals surface area contributed by atoms with Gasteiger partial charge < -0.3 is 0 Å². The summed E-state index contributed by atoms with van der Waals surface area (Å²) in [5, 5.41) is 2.66. The van der Waals surface area contributed by atoms with Crippen LogP contribution in [0, 0.1) is 0 Å². The first kappa shape index (κ1) is 32.3. The van der Waals surface area contributed by atoms with Crippen molar-refractivity contribution in [2.24, 2.45) is 0 Å². The first-order valence-corrected chi connectivity index (χ1v) is 17.6. The van der Waals surface area contributed by atoms with E-state index in [1.807, 2.05) is 20.8 Å². The molecular formula is C38H48NOPS. The lowest BCUT2D eigenvalue weighted by Gasteiger charge is -2.31. The predicted octanol–water partition coefficient (Wildman–Crippen LogP) is 9.17. The van der Waals surface area contributed by atoms with Gasteiger partial charge in [0.25, 0.3) is 0 Å². The van der Waals surface area contributed by atoms with Crippen LogP contribution >= 0.6 is 7.92 Å². The molecular weight excluding hydrogens is 549 g/mol. The second-order valence-corrected chi connectivity index (χ2v) is 18.5. The van der Waals surface area contributed by atoms with E-state index in [0.717, 1.165) is 6.16 Å². The van der Waals surface area contributed by atoms with E-state index in [4.69, 9.17) is 0 Å². The van der Waals surface area contributed by atoms with E-state index in [1.165, 1.54) is 38.4 Å². The van der Waals surface area contributed by atoms with Crippen LogP contribution in [0.2, 0.25) is 0 Å². The van der Waals surface area contributed by atoms with Crippen LogP contribution in [-0.2, 0) is 21.8 Å². The SMILES string of the molecule is CC(C)(C)c1cc(-c2ccccc2C(CP(c2ccccc2)c2ccccc2)NS(=O)C(C)(C)C)cc(C(C)(C)C)c1. The Hall–Kier alpha value is -2.58. The Bertz CT molecular complexity index is 1420. The predicted molar refractivity (Wildman–Crippen MR) is 187 cm³/mol. The summed E-state index contributed by atoms with van der Waals surface area (Å²) in [6.07, 6.45) is 0.841. The summed E-state index contributed by atoms with van der Waals surface area (Å²) >= 11 is 0. The summed E-state index contributed by atoms with van der Waals surface area (Å²) in [6, 6.07) is 37.4. The Labute approximate surface area is 258 Å². The van der Waals surface area contributed by atoms with Crippen LogP contribution in [0.4, 0.5) is 0 Å². The van der Waals surface area contributed by atoms with Gasteiger partial charge in [-0.3, -0.25) is 0 Å². The molecule has 2 unspecified atom stereocenters. The molecule has 0 aliphatic heterocycles. The topological polar surface area (TPSA) is 29.1 Å². The molecule has 0 radical (unpaired) electrons. The Kier molecular flexibility index (Phi) is 9.98. The van der Waals surface area contributed by atoms with Crippen LogP contribution < -0.4 is 15.3 Å². The van der Waals surface area contributed by atoms with Gasteiger partial charge in [-0.25, -0.2) is 8.93 Å². The fourth-order valence-electron chi connectivity index (χ4n) is 4.98. The lowest BCUT2D eigenvalue weighted by molar-refractivity contribution is 0.569. The van der Waals surface area contributed by atoms with Gasteiger partial charge in [0.1, 0.15) is 0 Å². The molecule has 4 rings (SSSR count). The van der Waals surface area contributed by atoms with E-state index in [-0.39, 0.29) is 21.6 Å². The van der Waals surface area contributed by atoms with Crippen molar-refractivity contribution in [3.63, 3.8) is 0 Å². The largest absolute Gasteiger partial charge is 0.242 e. The summed E-state index contributed by atoms with van der Waals surface area (Å²) in [6.45, 7) is 19.8. The first-order chi connectivity index (χ1) is 19.6. The zero-order valence-electron chi connectivity index (χ0n) is 26.9. The molecule has 222 valence electrons. The molecule has 2 nitrogen and oxygen atoms in total. The molecule has 0 spiro atoms. The lowest BCUT2D eigenvalue weighted by atomic mass is 9.78. The summed E-state index contributed by atoms with van der Waals surface area (Å²) in [7, 11) is -1.95. The van der Waals surface area contributed by atoms with Crippen LogP contribution in [-0.4, -0.2) is 15.1 Å². The average Bonchev–Trinajstić information content (AvgIpc) is 2.94. The fraction of sp³-hybridized carbons (Fsp3) is 0.368. The van der Waals surface area contributed by atoms with Gasteiger partial charge in [0.15, 0.2) is 0 Å². The van der Waals surface area contributed by atoms with E-state index in [2.05, 4.69) is 149 Å². The second kappa shape index (κ2) is 13.0. The van der Waals surface area contributed by atoms with Crippen LogP contribution in [0.1, 0.15) is 85.0 Å². The Balaban J connectivity index is 1.91. The van der Waals surface area contributed by atoms with Gasteiger partial charge in [0.2, 0.25) is 0 Å². The van der Waals surface area contributed by atoms with Gasteiger partial charge in [0.05, 0.1) is 15.7 Å². The highest BCUT2D eigenvalue weighted by Gasteiger charge is 2.29. The van der Waals surface area contributed by atoms with Crippen molar-refractivity contribution < 1.29 is 4.21 Å².